The van der Waals surface area contributed by atoms with Gasteiger partial charge in [-0.05, 0) is 24.3 Å². The third-order valence-corrected chi connectivity index (χ3v) is 3.36. The second kappa shape index (κ2) is 8.05. The zero-order valence-corrected chi connectivity index (χ0v) is 13.3. The van der Waals surface area contributed by atoms with Crippen molar-refractivity contribution in [3.05, 3.63) is 66.3 Å². The molecule has 1 heterocycles. The van der Waals surface area contributed by atoms with E-state index in [2.05, 4.69) is 15.5 Å². The molecule has 1 aromatic heterocycles. The Morgan fingerprint density at radius 2 is 1.88 bits per heavy atom. The molecule has 2 aromatic carbocycles. The molecule has 0 atom stereocenters. The number of para-hydroxylation sites is 1. The number of benzene rings is 2. The summed E-state index contributed by atoms with van der Waals surface area (Å²) in [5, 5.41) is 6.45. The summed E-state index contributed by atoms with van der Waals surface area (Å²) in [6.07, 6.45) is 0.346. The Hall–Kier alpha value is -3.22. The lowest BCUT2D eigenvalue weighted by Gasteiger charge is -2.06. The molecule has 128 valence electrons. The summed E-state index contributed by atoms with van der Waals surface area (Å²) in [6, 6.07) is 15.3. The Morgan fingerprint density at radius 3 is 2.68 bits per heavy atom. The van der Waals surface area contributed by atoms with E-state index < -0.39 is 5.82 Å². The summed E-state index contributed by atoms with van der Waals surface area (Å²) in [5.74, 6) is 0.470. The molecule has 0 fully saturated rings. The summed E-state index contributed by atoms with van der Waals surface area (Å²) in [5.41, 5.74) is 0.276. The van der Waals surface area contributed by atoms with Crippen molar-refractivity contribution < 1.29 is 18.4 Å². The number of amides is 1. The Kier molecular flexibility index (Phi) is 5.36. The number of ether oxygens (including phenoxy) is 1. The summed E-state index contributed by atoms with van der Waals surface area (Å²) >= 11 is 0. The quantitative estimate of drug-likeness (QED) is 0.715. The van der Waals surface area contributed by atoms with Crippen molar-refractivity contribution in [2.45, 2.75) is 6.42 Å². The second-order valence-corrected chi connectivity index (χ2v) is 5.19. The number of aromatic nitrogens is 2. The maximum Gasteiger partial charge on any atom is 0.257 e. The van der Waals surface area contributed by atoms with Gasteiger partial charge < -0.3 is 14.6 Å². The van der Waals surface area contributed by atoms with E-state index in [0.717, 1.165) is 0 Å². The van der Waals surface area contributed by atoms with E-state index in [-0.39, 0.29) is 23.9 Å². The van der Waals surface area contributed by atoms with E-state index >= 15 is 0 Å². The van der Waals surface area contributed by atoms with Crippen LogP contribution < -0.4 is 10.1 Å². The molecule has 6 nitrogen and oxygen atoms in total. The first kappa shape index (κ1) is 16.6. The fraction of sp³-hybridized carbons (Fsp3) is 0.167. The number of carbonyl (C=O) groups excluding carboxylic acids is 1. The topological polar surface area (TPSA) is 77.2 Å². The predicted octanol–water partition coefficient (Wildman–Crippen LogP) is 2.61. The largest absolute Gasteiger partial charge is 0.484 e. The average molecular weight is 341 g/mol. The van der Waals surface area contributed by atoms with Crippen LogP contribution >= 0.6 is 0 Å². The lowest BCUT2D eigenvalue weighted by Crippen LogP contribution is -2.30. The summed E-state index contributed by atoms with van der Waals surface area (Å²) in [7, 11) is 0. The highest BCUT2D eigenvalue weighted by Crippen LogP contribution is 2.19. The van der Waals surface area contributed by atoms with Crippen LogP contribution in [0.3, 0.4) is 0 Å². The smallest absolute Gasteiger partial charge is 0.257 e. The highest BCUT2D eigenvalue weighted by molar-refractivity contribution is 5.77. The number of halogens is 1. The van der Waals surface area contributed by atoms with Crippen molar-refractivity contribution in [3.63, 3.8) is 0 Å². The SMILES string of the molecule is O=C(COc1ccccc1)NCCc1nc(-c2ccccc2F)no1. The average Bonchev–Trinajstić information content (AvgIpc) is 3.10. The number of carbonyl (C=O) groups is 1. The molecule has 0 radical (unpaired) electrons. The predicted molar refractivity (Wildman–Crippen MR) is 88.3 cm³/mol. The highest BCUT2D eigenvalue weighted by Gasteiger charge is 2.12. The molecule has 0 bridgehead atoms. The molecule has 25 heavy (non-hydrogen) atoms. The molecule has 0 aliphatic carbocycles. The number of nitrogens with one attached hydrogen (secondary N) is 1. The van der Waals surface area contributed by atoms with Crippen molar-refractivity contribution in [1.82, 2.24) is 15.5 Å². The van der Waals surface area contributed by atoms with Gasteiger partial charge in [-0.3, -0.25) is 4.79 Å². The van der Waals surface area contributed by atoms with Crippen molar-refractivity contribution in [1.29, 1.82) is 0 Å². The highest BCUT2D eigenvalue weighted by atomic mass is 19.1. The standard InChI is InChI=1S/C18H16FN3O3/c19-15-9-5-4-8-14(15)18-21-17(25-22-18)10-11-20-16(23)12-24-13-6-2-1-3-7-13/h1-9H,10-12H2,(H,20,23). The molecular formula is C18H16FN3O3. The molecule has 0 unspecified atom stereocenters. The van der Waals surface area contributed by atoms with Crippen LogP contribution in [0.5, 0.6) is 5.75 Å². The normalized spacial score (nSPS) is 10.4. The van der Waals surface area contributed by atoms with Gasteiger partial charge in [0, 0.05) is 13.0 Å². The van der Waals surface area contributed by atoms with Gasteiger partial charge >= 0.3 is 0 Å². The maximum atomic E-state index is 13.7. The van der Waals surface area contributed by atoms with Crippen LogP contribution in [-0.4, -0.2) is 29.2 Å². The van der Waals surface area contributed by atoms with E-state index in [1.54, 1.807) is 30.3 Å². The number of nitrogens with zero attached hydrogens (tertiary/aromatic N) is 2. The van der Waals surface area contributed by atoms with Gasteiger partial charge in [0.15, 0.2) is 6.61 Å². The van der Waals surface area contributed by atoms with E-state index in [9.17, 15) is 9.18 Å². The third kappa shape index (κ3) is 4.63. The molecule has 7 heteroatoms. The molecule has 3 rings (SSSR count). The second-order valence-electron chi connectivity index (χ2n) is 5.19. The first-order chi connectivity index (χ1) is 12.2. The van der Waals surface area contributed by atoms with Gasteiger partial charge in [-0.2, -0.15) is 4.98 Å². The molecule has 0 saturated heterocycles. The zero-order valence-electron chi connectivity index (χ0n) is 13.3. The van der Waals surface area contributed by atoms with Crippen LogP contribution in [-0.2, 0) is 11.2 Å². The van der Waals surface area contributed by atoms with E-state index in [1.165, 1.54) is 6.07 Å². The van der Waals surface area contributed by atoms with Crippen molar-refractivity contribution >= 4 is 5.91 Å². The molecule has 1 N–H and O–H groups in total. The third-order valence-electron chi connectivity index (χ3n) is 3.36. The summed E-state index contributed by atoms with van der Waals surface area (Å²) in [6.45, 7) is 0.240. The van der Waals surface area contributed by atoms with E-state index in [4.69, 9.17) is 9.26 Å². The Morgan fingerprint density at radius 1 is 1.12 bits per heavy atom. The maximum absolute atomic E-state index is 13.7. The van der Waals surface area contributed by atoms with Crippen molar-refractivity contribution in [2.24, 2.45) is 0 Å². The first-order valence-electron chi connectivity index (χ1n) is 7.74. The van der Waals surface area contributed by atoms with E-state index in [1.807, 2.05) is 18.2 Å². The van der Waals surface area contributed by atoms with Crippen LogP contribution in [0, 0.1) is 5.82 Å². The monoisotopic (exact) mass is 341 g/mol. The van der Waals surface area contributed by atoms with Crippen LogP contribution in [0.4, 0.5) is 4.39 Å². The van der Waals surface area contributed by atoms with Gasteiger partial charge in [0.25, 0.3) is 5.91 Å². The van der Waals surface area contributed by atoms with Crippen LogP contribution in [0.2, 0.25) is 0 Å². The molecule has 0 saturated carbocycles. The van der Waals surface area contributed by atoms with Crippen molar-refractivity contribution in [3.8, 4) is 17.1 Å². The Balaban J connectivity index is 1.45. The molecule has 0 spiro atoms. The van der Waals surface area contributed by atoms with Crippen molar-refractivity contribution in [2.75, 3.05) is 13.2 Å². The minimum absolute atomic E-state index is 0.0751. The van der Waals surface area contributed by atoms with Crippen LogP contribution in [0.25, 0.3) is 11.4 Å². The van der Waals surface area contributed by atoms with Crippen LogP contribution in [0.1, 0.15) is 5.89 Å². The van der Waals surface area contributed by atoms with E-state index in [0.29, 0.717) is 24.6 Å². The minimum Gasteiger partial charge on any atom is -0.484 e. The fourth-order valence-electron chi connectivity index (χ4n) is 2.13. The number of hydrogen-bond donors (Lipinski definition) is 1. The van der Waals surface area contributed by atoms with Gasteiger partial charge in [0.05, 0.1) is 5.56 Å². The Labute approximate surface area is 143 Å². The summed E-state index contributed by atoms with van der Waals surface area (Å²) in [4.78, 5) is 15.9. The van der Waals surface area contributed by atoms with Gasteiger partial charge in [-0.15, -0.1) is 0 Å². The van der Waals surface area contributed by atoms with Gasteiger partial charge in [0.2, 0.25) is 11.7 Å². The zero-order chi connectivity index (χ0) is 17.5. The number of hydrogen-bond acceptors (Lipinski definition) is 5. The lowest BCUT2D eigenvalue weighted by molar-refractivity contribution is -0.123. The van der Waals surface area contributed by atoms with Gasteiger partial charge in [-0.25, -0.2) is 4.39 Å². The minimum atomic E-state index is -0.416. The molecule has 3 aromatic rings. The number of rotatable bonds is 7. The molecular weight excluding hydrogens is 325 g/mol. The first-order valence-corrected chi connectivity index (χ1v) is 7.74. The lowest BCUT2D eigenvalue weighted by atomic mass is 10.2. The van der Waals surface area contributed by atoms with Gasteiger partial charge in [0.1, 0.15) is 11.6 Å². The van der Waals surface area contributed by atoms with Gasteiger partial charge in [-0.1, -0.05) is 35.5 Å². The van der Waals surface area contributed by atoms with Crippen LogP contribution in [0.15, 0.2) is 59.1 Å². The fourth-order valence-corrected chi connectivity index (χ4v) is 2.13. The molecule has 0 aliphatic heterocycles. The molecule has 1 amide bonds. The molecule has 0 aliphatic rings. The summed E-state index contributed by atoms with van der Waals surface area (Å²) < 4.78 is 24.1. The Bertz CT molecular complexity index is 836.